The average molecular weight is 342 g/mol. The first kappa shape index (κ1) is 17.4. The highest BCUT2D eigenvalue weighted by atomic mass is 15.3. The van der Waals surface area contributed by atoms with Crippen LogP contribution in [-0.4, -0.2) is 62.2 Å². The third-order valence-corrected chi connectivity index (χ3v) is 6.83. The minimum Gasteiger partial charge on any atom is -0.372 e. The Morgan fingerprint density at radius 3 is 2.24 bits per heavy atom. The summed E-state index contributed by atoms with van der Waals surface area (Å²) in [6, 6.07) is 7.26. The molecule has 0 bridgehead atoms. The van der Waals surface area contributed by atoms with Crippen LogP contribution in [0.2, 0.25) is 0 Å². The van der Waals surface area contributed by atoms with Crippen LogP contribution in [0.4, 0.5) is 5.69 Å². The van der Waals surface area contributed by atoms with Gasteiger partial charge in [0.1, 0.15) is 0 Å². The van der Waals surface area contributed by atoms with Crippen molar-refractivity contribution in [3.8, 4) is 0 Å². The van der Waals surface area contributed by atoms with E-state index < -0.39 is 0 Å². The fourth-order valence-electron chi connectivity index (χ4n) is 5.08. The number of aryl methyl sites for hydroxylation is 1. The molecule has 0 atom stereocenters. The van der Waals surface area contributed by atoms with Gasteiger partial charge in [0, 0.05) is 51.5 Å². The van der Waals surface area contributed by atoms with Gasteiger partial charge in [-0.15, -0.1) is 0 Å². The molecule has 2 aliphatic heterocycles. The van der Waals surface area contributed by atoms with Crippen LogP contribution >= 0.6 is 0 Å². The van der Waals surface area contributed by atoms with E-state index in [-0.39, 0.29) is 0 Å². The zero-order valence-electron chi connectivity index (χ0n) is 16.2. The minimum absolute atomic E-state index is 0.814. The molecule has 1 aromatic rings. The molecule has 1 aromatic carbocycles. The number of likely N-dealkylation sites (N-methyl/N-ethyl adjacent to an activating group) is 1. The van der Waals surface area contributed by atoms with Gasteiger partial charge in [-0.3, -0.25) is 0 Å². The maximum atomic E-state index is 2.70. The van der Waals surface area contributed by atoms with E-state index >= 15 is 0 Å². The molecule has 4 rings (SSSR count). The lowest BCUT2D eigenvalue weighted by Gasteiger charge is -2.42. The molecule has 0 amide bonds. The zero-order valence-corrected chi connectivity index (χ0v) is 16.2. The van der Waals surface area contributed by atoms with Gasteiger partial charge in [-0.1, -0.05) is 13.0 Å². The molecule has 0 aromatic heterocycles. The van der Waals surface area contributed by atoms with Gasteiger partial charge in [0.15, 0.2) is 0 Å². The number of nitrogens with zero attached hydrogens (tertiary/aromatic N) is 3. The van der Waals surface area contributed by atoms with E-state index in [9.17, 15) is 0 Å². The van der Waals surface area contributed by atoms with Crippen molar-refractivity contribution in [2.24, 2.45) is 5.92 Å². The number of hydrogen-bond donors (Lipinski definition) is 0. The Balaban J connectivity index is 1.27. The topological polar surface area (TPSA) is 9.72 Å². The molecule has 1 aliphatic carbocycles. The highest BCUT2D eigenvalue weighted by Gasteiger charge is 2.33. The molecule has 0 spiro atoms. The molecular weight excluding hydrogens is 306 g/mol. The molecule has 1 saturated carbocycles. The number of anilines is 1. The van der Waals surface area contributed by atoms with Gasteiger partial charge in [0.05, 0.1) is 0 Å². The van der Waals surface area contributed by atoms with Gasteiger partial charge in [0.25, 0.3) is 0 Å². The summed E-state index contributed by atoms with van der Waals surface area (Å²) in [5.74, 6) is 1.74. The lowest BCUT2D eigenvalue weighted by atomic mass is 9.70. The lowest BCUT2D eigenvalue weighted by molar-refractivity contribution is 0.0964. The first-order valence-corrected chi connectivity index (χ1v) is 10.5. The molecule has 25 heavy (non-hydrogen) atoms. The van der Waals surface area contributed by atoms with E-state index in [4.69, 9.17) is 0 Å². The van der Waals surface area contributed by atoms with Crippen LogP contribution in [0.5, 0.6) is 0 Å². The molecule has 3 nitrogen and oxygen atoms in total. The summed E-state index contributed by atoms with van der Waals surface area (Å²) in [6.07, 6.45) is 5.52. The number of piperazine rings is 1. The summed E-state index contributed by atoms with van der Waals surface area (Å²) < 4.78 is 0. The molecule has 0 N–H and O–H groups in total. The van der Waals surface area contributed by atoms with Crippen molar-refractivity contribution in [2.75, 3.05) is 57.3 Å². The third-order valence-electron chi connectivity index (χ3n) is 6.83. The third kappa shape index (κ3) is 3.88. The van der Waals surface area contributed by atoms with Crippen molar-refractivity contribution in [1.29, 1.82) is 0 Å². The summed E-state index contributed by atoms with van der Waals surface area (Å²) >= 11 is 0. The van der Waals surface area contributed by atoms with Gasteiger partial charge in [-0.25, -0.2) is 0 Å². The molecule has 3 fully saturated rings. The van der Waals surface area contributed by atoms with Crippen molar-refractivity contribution in [3.05, 3.63) is 29.3 Å². The number of rotatable bonds is 5. The quantitative estimate of drug-likeness (QED) is 0.808. The lowest BCUT2D eigenvalue weighted by Crippen LogP contribution is -2.48. The molecule has 3 heteroatoms. The van der Waals surface area contributed by atoms with Crippen molar-refractivity contribution in [1.82, 2.24) is 9.80 Å². The van der Waals surface area contributed by atoms with Gasteiger partial charge in [0.2, 0.25) is 0 Å². The first-order valence-electron chi connectivity index (χ1n) is 10.5. The van der Waals surface area contributed by atoms with Crippen LogP contribution in [0.25, 0.3) is 0 Å². The Kier molecular flexibility index (Phi) is 5.33. The van der Waals surface area contributed by atoms with Crippen LogP contribution in [0, 0.1) is 12.8 Å². The van der Waals surface area contributed by atoms with E-state index in [2.05, 4.69) is 46.7 Å². The maximum Gasteiger partial charge on any atom is 0.0369 e. The fourth-order valence-corrected chi connectivity index (χ4v) is 5.08. The predicted octanol–water partition coefficient (Wildman–Crippen LogP) is 3.73. The van der Waals surface area contributed by atoms with E-state index in [1.807, 2.05) is 0 Å². The highest BCUT2D eigenvalue weighted by molar-refractivity contribution is 5.52. The summed E-state index contributed by atoms with van der Waals surface area (Å²) in [5.41, 5.74) is 4.59. The molecular formula is C22H35N3. The fraction of sp³-hybridized carbons (Fsp3) is 0.727. The zero-order chi connectivity index (χ0) is 17.2. The van der Waals surface area contributed by atoms with Gasteiger partial charge < -0.3 is 14.7 Å². The smallest absolute Gasteiger partial charge is 0.0369 e. The SMILES string of the molecule is CCN1CCN(C[C@H]2C[C@H](c3ccc(N4CCCC4)cc3C)C2)CC1. The summed E-state index contributed by atoms with van der Waals surface area (Å²) in [4.78, 5) is 7.83. The second-order valence-corrected chi connectivity index (χ2v) is 8.50. The molecule has 2 saturated heterocycles. The summed E-state index contributed by atoms with van der Waals surface area (Å²) in [6.45, 7) is 14.7. The van der Waals surface area contributed by atoms with Crippen LogP contribution < -0.4 is 4.90 Å². The van der Waals surface area contributed by atoms with Crippen LogP contribution in [0.1, 0.15) is 49.7 Å². The predicted molar refractivity (Wildman–Crippen MR) is 107 cm³/mol. The van der Waals surface area contributed by atoms with Gasteiger partial charge in [-0.05, 0) is 74.2 Å². The Labute approximate surface area is 154 Å². The van der Waals surface area contributed by atoms with Crippen molar-refractivity contribution >= 4 is 5.69 Å². The van der Waals surface area contributed by atoms with Gasteiger partial charge in [-0.2, -0.15) is 0 Å². The van der Waals surface area contributed by atoms with Crippen molar-refractivity contribution in [2.45, 2.75) is 45.4 Å². The standard InChI is InChI=1S/C22H35N3/c1-3-23-10-12-24(13-11-23)17-19-15-20(16-19)22-7-6-21(14-18(22)2)25-8-4-5-9-25/h6-7,14,19-20H,3-5,8-13,15-17H2,1-2H3/t19-,20-. The molecule has 3 aliphatic rings. The molecule has 0 unspecified atom stereocenters. The van der Waals surface area contributed by atoms with E-state index in [1.165, 1.54) is 89.3 Å². The highest BCUT2D eigenvalue weighted by Crippen LogP contribution is 2.43. The molecule has 2 heterocycles. The minimum atomic E-state index is 0.814. The second kappa shape index (κ2) is 7.67. The van der Waals surface area contributed by atoms with Crippen LogP contribution in [-0.2, 0) is 0 Å². The van der Waals surface area contributed by atoms with Crippen LogP contribution in [0.3, 0.4) is 0 Å². The van der Waals surface area contributed by atoms with E-state index in [0.717, 1.165) is 11.8 Å². The maximum absolute atomic E-state index is 2.70. The van der Waals surface area contributed by atoms with E-state index in [0.29, 0.717) is 0 Å². The number of hydrogen-bond acceptors (Lipinski definition) is 3. The summed E-state index contributed by atoms with van der Waals surface area (Å²) in [5, 5.41) is 0. The van der Waals surface area contributed by atoms with Crippen LogP contribution in [0.15, 0.2) is 18.2 Å². The normalized spacial score (nSPS) is 28.3. The average Bonchev–Trinajstić information content (AvgIpc) is 3.13. The first-order chi connectivity index (χ1) is 12.2. The van der Waals surface area contributed by atoms with Crippen molar-refractivity contribution in [3.63, 3.8) is 0 Å². The number of benzene rings is 1. The Hall–Kier alpha value is -1.06. The Bertz CT molecular complexity index is 565. The second-order valence-electron chi connectivity index (χ2n) is 8.50. The monoisotopic (exact) mass is 341 g/mol. The Morgan fingerprint density at radius 1 is 0.920 bits per heavy atom. The molecule has 0 radical (unpaired) electrons. The largest absolute Gasteiger partial charge is 0.372 e. The van der Waals surface area contributed by atoms with Crippen molar-refractivity contribution < 1.29 is 0 Å². The van der Waals surface area contributed by atoms with Gasteiger partial charge >= 0.3 is 0 Å². The summed E-state index contributed by atoms with van der Waals surface area (Å²) in [7, 11) is 0. The van der Waals surface area contributed by atoms with E-state index in [1.54, 1.807) is 5.56 Å². The Morgan fingerprint density at radius 2 is 1.60 bits per heavy atom. The molecule has 138 valence electrons.